The summed E-state index contributed by atoms with van der Waals surface area (Å²) >= 11 is 0. The molecular weight excluding hydrogens is 496 g/mol. The molecule has 2 rings (SSSR count). The van der Waals surface area contributed by atoms with E-state index < -0.39 is 6.29 Å². The van der Waals surface area contributed by atoms with Crippen LogP contribution in [0.25, 0.3) is 0 Å². The molecule has 0 spiro atoms. The van der Waals surface area contributed by atoms with E-state index in [1.54, 1.807) is 7.11 Å². The molecule has 39 heavy (non-hydrogen) atoms. The average Bonchev–Trinajstić information content (AvgIpc) is 2.96. The molecule has 0 aliphatic carbocycles. The Morgan fingerprint density at radius 1 is 0.615 bits per heavy atom. The van der Waals surface area contributed by atoms with Crippen LogP contribution < -0.4 is 4.74 Å². The lowest BCUT2D eigenvalue weighted by molar-refractivity contribution is -0.325. The summed E-state index contributed by atoms with van der Waals surface area (Å²) < 4.78 is 43.9. The van der Waals surface area contributed by atoms with Crippen molar-refractivity contribution in [1.29, 1.82) is 0 Å². The molecule has 1 aromatic rings. The minimum absolute atomic E-state index is 0.300. The highest BCUT2D eigenvalue weighted by Crippen LogP contribution is 2.31. The van der Waals surface area contributed by atoms with Crippen molar-refractivity contribution in [1.82, 2.24) is 0 Å². The fraction of sp³-hybridized carbons (Fsp3) is 0.812. The molecular formula is C32H56O7. The maximum absolute atomic E-state index is 6.66. The van der Waals surface area contributed by atoms with Crippen LogP contribution in [0.15, 0.2) is 24.3 Å². The van der Waals surface area contributed by atoms with Gasteiger partial charge in [-0.1, -0.05) is 78.4 Å². The predicted molar refractivity (Wildman–Crippen MR) is 155 cm³/mol. The Balaban J connectivity index is 2.26. The van der Waals surface area contributed by atoms with E-state index in [4.69, 9.17) is 33.2 Å². The summed E-state index contributed by atoms with van der Waals surface area (Å²) in [5, 5.41) is 0. The van der Waals surface area contributed by atoms with Gasteiger partial charge >= 0.3 is 0 Å². The Labute approximate surface area is 238 Å². The summed E-state index contributed by atoms with van der Waals surface area (Å²) in [6.45, 7) is 12.2. The first-order chi connectivity index (χ1) is 19.2. The van der Waals surface area contributed by atoms with Crippen LogP contribution in [0.2, 0.25) is 0 Å². The summed E-state index contributed by atoms with van der Waals surface area (Å²) in [6, 6.07) is 7.98. The predicted octanol–water partition coefficient (Wildman–Crippen LogP) is 7.09. The molecule has 5 atom stereocenters. The van der Waals surface area contributed by atoms with Crippen LogP contribution in [0.3, 0.4) is 0 Å². The second kappa shape index (κ2) is 21.5. The highest BCUT2D eigenvalue weighted by atomic mass is 16.7. The third-order valence-electron chi connectivity index (χ3n) is 7.01. The first kappa shape index (κ1) is 34.0. The van der Waals surface area contributed by atoms with Crippen molar-refractivity contribution in [2.45, 2.75) is 129 Å². The van der Waals surface area contributed by atoms with Gasteiger partial charge in [-0.25, -0.2) is 0 Å². The van der Waals surface area contributed by atoms with Gasteiger partial charge in [-0.05, 0) is 43.4 Å². The topological polar surface area (TPSA) is 64.6 Å². The maximum atomic E-state index is 6.66. The van der Waals surface area contributed by atoms with Crippen molar-refractivity contribution in [2.24, 2.45) is 0 Å². The molecule has 0 radical (unpaired) electrons. The summed E-state index contributed by atoms with van der Waals surface area (Å²) in [5.74, 6) is 0.826. The normalized spacial score (nSPS) is 23.3. The third-order valence-corrected chi connectivity index (χ3v) is 7.01. The second-order valence-corrected chi connectivity index (χ2v) is 10.4. The van der Waals surface area contributed by atoms with Gasteiger partial charge in [-0.3, -0.25) is 0 Å². The largest absolute Gasteiger partial charge is 0.497 e. The highest BCUT2D eigenvalue weighted by Gasteiger charge is 2.48. The van der Waals surface area contributed by atoms with Crippen molar-refractivity contribution >= 4 is 0 Å². The minimum Gasteiger partial charge on any atom is -0.497 e. The standard InChI is InChI=1S/C32H56O7/c1-6-10-14-15-23-37-32-31(36-22-13-9-4)30(38-24-26-16-18-27(33-5)19-17-26)29(35-21-12-8-3)28(39-32)25-34-20-11-7-2/h16-19,28-32H,6-15,20-25H2,1-5H3/t28?,29-,30-,31-,32?/m0/s1. The number of hydrogen-bond donors (Lipinski definition) is 0. The quantitative estimate of drug-likeness (QED) is 0.134. The van der Waals surface area contributed by atoms with Crippen LogP contribution in [0.4, 0.5) is 0 Å². The lowest BCUT2D eigenvalue weighted by atomic mass is 9.98. The number of methoxy groups -OCH3 is 1. The summed E-state index contributed by atoms with van der Waals surface area (Å²) in [5.41, 5.74) is 1.06. The van der Waals surface area contributed by atoms with E-state index in [1.807, 2.05) is 24.3 Å². The van der Waals surface area contributed by atoms with Crippen molar-refractivity contribution in [2.75, 3.05) is 40.1 Å². The van der Waals surface area contributed by atoms with Crippen molar-refractivity contribution < 1.29 is 33.2 Å². The SMILES string of the molecule is CCCCCCOC1OC(COCCCC)[C@H](OCCCC)[C@H](OCc2ccc(OC)cc2)[C@@H]1OCCCC. The molecule has 1 saturated heterocycles. The molecule has 2 unspecified atom stereocenters. The van der Waals surface area contributed by atoms with E-state index in [9.17, 15) is 0 Å². The molecule has 7 heteroatoms. The Morgan fingerprint density at radius 3 is 1.87 bits per heavy atom. The first-order valence-corrected chi connectivity index (χ1v) is 15.5. The van der Waals surface area contributed by atoms with Crippen molar-refractivity contribution in [3.8, 4) is 5.75 Å². The Morgan fingerprint density at radius 2 is 1.23 bits per heavy atom. The van der Waals surface area contributed by atoms with Gasteiger partial charge in [-0.15, -0.1) is 0 Å². The van der Waals surface area contributed by atoms with Crippen LogP contribution in [0.1, 0.15) is 97.5 Å². The smallest absolute Gasteiger partial charge is 0.186 e. The lowest BCUT2D eigenvalue weighted by Gasteiger charge is -2.46. The zero-order chi connectivity index (χ0) is 28.1. The Bertz CT molecular complexity index is 698. The van der Waals surface area contributed by atoms with Gasteiger partial charge in [0.2, 0.25) is 0 Å². The van der Waals surface area contributed by atoms with Crippen LogP contribution in [0.5, 0.6) is 5.75 Å². The summed E-state index contributed by atoms with van der Waals surface area (Å²) in [7, 11) is 1.68. The number of rotatable bonds is 23. The van der Waals surface area contributed by atoms with E-state index in [0.29, 0.717) is 39.6 Å². The molecule has 0 aromatic heterocycles. The van der Waals surface area contributed by atoms with Gasteiger partial charge in [-0.2, -0.15) is 0 Å². The van der Waals surface area contributed by atoms with Crippen LogP contribution in [-0.2, 0) is 35.0 Å². The monoisotopic (exact) mass is 552 g/mol. The van der Waals surface area contributed by atoms with E-state index in [2.05, 4.69) is 27.7 Å². The Kier molecular flexibility index (Phi) is 18.7. The molecule has 0 bridgehead atoms. The Hall–Kier alpha value is -1.22. The van der Waals surface area contributed by atoms with Crippen LogP contribution in [-0.4, -0.2) is 70.9 Å². The molecule has 1 fully saturated rings. The maximum Gasteiger partial charge on any atom is 0.186 e. The minimum atomic E-state index is -0.532. The second-order valence-electron chi connectivity index (χ2n) is 10.4. The van der Waals surface area contributed by atoms with Crippen molar-refractivity contribution in [3.63, 3.8) is 0 Å². The molecule has 0 N–H and O–H groups in total. The number of unbranched alkanes of at least 4 members (excludes halogenated alkanes) is 6. The van der Waals surface area contributed by atoms with E-state index in [0.717, 1.165) is 62.7 Å². The van der Waals surface area contributed by atoms with Gasteiger partial charge in [0.05, 0.1) is 20.3 Å². The van der Waals surface area contributed by atoms with E-state index in [1.165, 1.54) is 12.8 Å². The third kappa shape index (κ3) is 12.9. The highest BCUT2D eigenvalue weighted by molar-refractivity contribution is 5.26. The van der Waals surface area contributed by atoms with Gasteiger partial charge in [0.25, 0.3) is 0 Å². The molecule has 0 saturated carbocycles. The molecule has 0 amide bonds. The summed E-state index contributed by atoms with van der Waals surface area (Å²) in [4.78, 5) is 0. The zero-order valence-corrected chi connectivity index (χ0v) is 25.4. The molecule has 1 aromatic carbocycles. The molecule has 1 heterocycles. The molecule has 226 valence electrons. The van der Waals surface area contributed by atoms with Crippen LogP contribution >= 0.6 is 0 Å². The van der Waals surface area contributed by atoms with Gasteiger partial charge < -0.3 is 33.2 Å². The fourth-order valence-corrected chi connectivity index (χ4v) is 4.53. The van der Waals surface area contributed by atoms with Crippen LogP contribution in [0, 0.1) is 0 Å². The van der Waals surface area contributed by atoms with Gasteiger partial charge in [0.15, 0.2) is 6.29 Å². The fourth-order valence-electron chi connectivity index (χ4n) is 4.53. The number of hydrogen-bond acceptors (Lipinski definition) is 7. The molecule has 7 nitrogen and oxygen atoms in total. The van der Waals surface area contributed by atoms with Gasteiger partial charge in [0.1, 0.15) is 30.2 Å². The summed E-state index contributed by atoms with van der Waals surface area (Å²) in [6.07, 6.45) is 8.82. The zero-order valence-electron chi connectivity index (χ0n) is 25.4. The van der Waals surface area contributed by atoms with E-state index >= 15 is 0 Å². The number of benzene rings is 1. The lowest BCUT2D eigenvalue weighted by Crippen LogP contribution is -2.62. The molecule has 1 aliphatic heterocycles. The average molecular weight is 553 g/mol. The van der Waals surface area contributed by atoms with Gasteiger partial charge in [0, 0.05) is 26.4 Å². The number of ether oxygens (including phenoxy) is 7. The first-order valence-electron chi connectivity index (χ1n) is 15.5. The van der Waals surface area contributed by atoms with E-state index in [-0.39, 0.29) is 24.4 Å². The molecule has 1 aliphatic rings. The van der Waals surface area contributed by atoms with Crippen molar-refractivity contribution in [3.05, 3.63) is 29.8 Å².